The lowest BCUT2D eigenvalue weighted by molar-refractivity contribution is -0.113. The fourth-order valence-corrected chi connectivity index (χ4v) is 2.54. The summed E-state index contributed by atoms with van der Waals surface area (Å²) >= 11 is 1.27. The second-order valence-electron chi connectivity index (χ2n) is 4.26. The van der Waals surface area contributed by atoms with E-state index in [2.05, 4.69) is 15.5 Å². The van der Waals surface area contributed by atoms with Crippen LogP contribution in [0, 0.1) is 5.82 Å². The van der Waals surface area contributed by atoms with Gasteiger partial charge in [-0.1, -0.05) is 23.9 Å². The molecule has 106 valence electrons. The van der Waals surface area contributed by atoms with Crippen molar-refractivity contribution in [2.45, 2.75) is 5.16 Å². The molecule has 0 saturated heterocycles. The van der Waals surface area contributed by atoms with Crippen molar-refractivity contribution in [1.82, 2.24) is 14.6 Å². The average molecular weight is 302 g/mol. The van der Waals surface area contributed by atoms with Crippen molar-refractivity contribution in [3.63, 3.8) is 0 Å². The van der Waals surface area contributed by atoms with Gasteiger partial charge in [0, 0.05) is 11.9 Å². The Morgan fingerprint density at radius 3 is 3.00 bits per heavy atom. The number of hydrogen-bond donors (Lipinski definition) is 1. The Morgan fingerprint density at radius 1 is 1.24 bits per heavy atom. The molecular weight excluding hydrogens is 291 g/mol. The Balaban J connectivity index is 1.63. The second kappa shape index (κ2) is 5.92. The second-order valence-corrected chi connectivity index (χ2v) is 5.20. The molecule has 0 radical (unpaired) electrons. The van der Waals surface area contributed by atoms with Gasteiger partial charge in [0.05, 0.1) is 5.75 Å². The van der Waals surface area contributed by atoms with Gasteiger partial charge in [0.15, 0.2) is 10.8 Å². The Kier molecular flexibility index (Phi) is 3.83. The van der Waals surface area contributed by atoms with E-state index in [0.29, 0.717) is 10.8 Å². The van der Waals surface area contributed by atoms with Crippen LogP contribution in [0.5, 0.6) is 0 Å². The number of benzene rings is 1. The fraction of sp³-hybridized carbons (Fsp3) is 0.0714. The number of carbonyl (C=O) groups is 1. The maximum atomic E-state index is 13.0. The molecular formula is C14H11FN4OS. The molecule has 21 heavy (non-hydrogen) atoms. The van der Waals surface area contributed by atoms with Crippen LogP contribution < -0.4 is 5.32 Å². The van der Waals surface area contributed by atoms with Crippen LogP contribution in [0.4, 0.5) is 10.1 Å². The van der Waals surface area contributed by atoms with Crippen LogP contribution in [0.3, 0.4) is 0 Å². The molecule has 2 heterocycles. The summed E-state index contributed by atoms with van der Waals surface area (Å²) in [6.07, 6.45) is 1.84. The number of anilines is 1. The van der Waals surface area contributed by atoms with E-state index >= 15 is 0 Å². The molecule has 1 N–H and O–H groups in total. The maximum absolute atomic E-state index is 13.0. The first-order valence-electron chi connectivity index (χ1n) is 6.20. The quantitative estimate of drug-likeness (QED) is 0.753. The molecule has 0 fully saturated rings. The number of aromatic nitrogens is 3. The number of nitrogens with one attached hydrogen (secondary N) is 1. The summed E-state index contributed by atoms with van der Waals surface area (Å²) in [4.78, 5) is 11.8. The van der Waals surface area contributed by atoms with E-state index in [1.807, 2.05) is 24.4 Å². The largest absolute Gasteiger partial charge is 0.325 e. The van der Waals surface area contributed by atoms with Gasteiger partial charge >= 0.3 is 0 Å². The smallest absolute Gasteiger partial charge is 0.234 e. The minimum atomic E-state index is -0.385. The summed E-state index contributed by atoms with van der Waals surface area (Å²) in [5, 5.41) is 11.3. The van der Waals surface area contributed by atoms with Crippen molar-refractivity contribution in [1.29, 1.82) is 0 Å². The molecule has 0 saturated carbocycles. The lowest BCUT2D eigenvalue weighted by atomic mass is 10.3. The summed E-state index contributed by atoms with van der Waals surface area (Å²) in [7, 11) is 0. The summed E-state index contributed by atoms with van der Waals surface area (Å²) in [5.41, 5.74) is 1.16. The number of fused-ring (bicyclic) bond motifs is 1. The molecule has 0 bridgehead atoms. The minimum Gasteiger partial charge on any atom is -0.325 e. The average Bonchev–Trinajstić information content (AvgIpc) is 2.88. The third-order valence-electron chi connectivity index (χ3n) is 2.72. The Hall–Kier alpha value is -2.41. The lowest BCUT2D eigenvalue weighted by Gasteiger charge is -2.04. The molecule has 0 spiro atoms. The molecule has 0 atom stereocenters. The van der Waals surface area contributed by atoms with Crippen LogP contribution >= 0.6 is 11.8 Å². The molecule has 0 unspecified atom stereocenters. The summed E-state index contributed by atoms with van der Waals surface area (Å²) in [6.45, 7) is 0. The molecule has 3 rings (SSSR count). The number of pyridine rings is 1. The van der Waals surface area contributed by atoms with E-state index < -0.39 is 0 Å². The van der Waals surface area contributed by atoms with Crippen LogP contribution in [-0.2, 0) is 4.79 Å². The number of carbonyl (C=O) groups excluding carboxylic acids is 1. The zero-order chi connectivity index (χ0) is 14.7. The van der Waals surface area contributed by atoms with Gasteiger partial charge in [-0.05, 0) is 30.3 Å². The highest BCUT2D eigenvalue weighted by Gasteiger charge is 2.09. The first-order valence-corrected chi connectivity index (χ1v) is 7.19. The van der Waals surface area contributed by atoms with Gasteiger partial charge < -0.3 is 5.32 Å². The zero-order valence-electron chi connectivity index (χ0n) is 10.9. The topological polar surface area (TPSA) is 59.3 Å². The molecule has 3 aromatic rings. The van der Waals surface area contributed by atoms with Crippen LogP contribution in [0.2, 0.25) is 0 Å². The van der Waals surface area contributed by atoms with Crippen molar-refractivity contribution in [2.24, 2.45) is 0 Å². The van der Waals surface area contributed by atoms with Gasteiger partial charge in [0.25, 0.3) is 0 Å². The van der Waals surface area contributed by atoms with E-state index in [-0.39, 0.29) is 17.5 Å². The third kappa shape index (κ3) is 3.19. The van der Waals surface area contributed by atoms with Crippen LogP contribution in [0.1, 0.15) is 0 Å². The molecule has 2 aromatic heterocycles. The molecule has 1 aromatic carbocycles. The van der Waals surface area contributed by atoms with Crippen LogP contribution in [0.15, 0.2) is 53.8 Å². The normalized spacial score (nSPS) is 10.7. The first kappa shape index (κ1) is 13.6. The monoisotopic (exact) mass is 302 g/mol. The highest BCUT2D eigenvalue weighted by molar-refractivity contribution is 7.99. The number of rotatable bonds is 4. The third-order valence-corrected chi connectivity index (χ3v) is 3.67. The number of halogens is 1. The Bertz CT molecular complexity index is 789. The summed E-state index contributed by atoms with van der Waals surface area (Å²) in [6, 6.07) is 11.4. The van der Waals surface area contributed by atoms with E-state index in [0.717, 1.165) is 5.65 Å². The Morgan fingerprint density at radius 2 is 2.14 bits per heavy atom. The SMILES string of the molecule is O=C(CSc1nnc2ccccn12)Nc1cccc(F)c1. The Labute approximate surface area is 124 Å². The van der Waals surface area contributed by atoms with Crippen molar-refractivity contribution in [3.05, 3.63) is 54.5 Å². The van der Waals surface area contributed by atoms with Gasteiger partial charge in [-0.3, -0.25) is 9.20 Å². The van der Waals surface area contributed by atoms with Gasteiger partial charge in [-0.15, -0.1) is 10.2 Å². The maximum Gasteiger partial charge on any atom is 0.234 e. The predicted octanol–water partition coefficient (Wildman–Crippen LogP) is 2.60. The van der Waals surface area contributed by atoms with E-state index in [1.165, 1.54) is 23.9 Å². The van der Waals surface area contributed by atoms with Crippen molar-refractivity contribution >= 4 is 29.0 Å². The van der Waals surface area contributed by atoms with E-state index in [4.69, 9.17) is 0 Å². The fourth-order valence-electron chi connectivity index (χ4n) is 1.81. The molecule has 7 heteroatoms. The number of hydrogen-bond acceptors (Lipinski definition) is 4. The number of nitrogens with zero attached hydrogens (tertiary/aromatic N) is 3. The summed E-state index contributed by atoms with van der Waals surface area (Å²) < 4.78 is 14.8. The molecule has 0 aliphatic carbocycles. The van der Waals surface area contributed by atoms with Gasteiger partial charge in [-0.25, -0.2) is 4.39 Å². The zero-order valence-corrected chi connectivity index (χ0v) is 11.7. The van der Waals surface area contributed by atoms with Crippen LogP contribution in [0.25, 0.3) is 5.65 Å². The molecule has 0 aliphatic heterocycles. The molecule has 0 aliphatic rings. The standard InChI is InChI=1S/C14H11FN4OS/c15-10-4-3-5-11(8-10)16-13(20)9-21-14-18-17-12-6-1-2-7-19(12)14/h1-8H,9H2,(H,16,20). The number of amides is 1. The van der Waals surface area contributed by atoms with Crippen molar-refractivity contribution in [2.75, 3.05) is 11.1 Å². The van der Waals surface area contributed by atoms with Gasteiger partial charge in [-0.2, -0.15) is 0 Å². The predicted molar refractivity (Wildman–Crippen MR) is 78.7 cm³/mol. The van der Waals surface area contributed by atoms with E-state index in [1.54, 1.807) is 16.5 Å². The summed E-state index contributed by atoms with van der Waals surface area (Å²) in [5.74, 6) is -0.436. The highest BCUT2D eigenvalue weighted by atomic mass is 32.2. The van der Waals surface area contributed by atoms with Crippen LogP contribution in [-0.4, -0.2) is 26.3 Å². The first-order chi connectivity index (χ1) is 10.2. The van der Waals surface area contributed by atoms with E-state index in [9.17, 15) is 9.18 Å². The number of thioether (sulfide) groups is 1. The van der Waals surface area contributed by atoms with Crippen molar-refractivity contribution < 1.29 is 9.18 Å². The highest BCUT2D eigenvalue weighted by Crippen LogP contribution is 2.17. The lowest BCUT2D eigenvalue weighted by Crippen LogP contribution is -2.14. The van der Waals surface area contributed by atoms with Gasteiger partial charge in [0.1, 0.15) is 5.82 Å². The van der Waals surface area contributed by atoms with Gasteiger partial charge in [0.2, 0.25) is 5.91 Å². The molecule has 5 nitrogen and oxygen atoms in total. The van der Waals surface area contributed by atoms with Crippen molar-refractivity contribution in [3.8, 4) is 0 Å². The molecule has 1 amide bonds. The minimum absolute atomic E-state index is 0.173.